The van der Waals surface area contributed by atoms with Gasteiger partial charge < -0.3 is 18.9 Å². The van der Waals surface area contributed by atoms with Gasteiger partial charge in [0.05, 0.1) is 0 Å². The summed E-state index contributed by atoms with van der Waals surface area (Å²) in [5.74, 6) is 16.8. The van der Waals surface area contributed by atoms with Gasteiger partial charge >= 0.3 is 0 Å². The maximum atomic E-state index is 7.56. The average molecular weight is 1110 g/mol. The van der Waals surface area contributed by atoms with E-state index in [1.165, 1.54) is 73.6 Å². The first-order valence-corrected chi connectivity index (χ1v) is 31.2. The van der Waals surface area contributed by atoms with Gasteiger partial charge in [0.1, 0.15) is 36.2 Å². The van der Waals surface area contributed by atoms with Crippen LogP contribution in [0.15, 0.2) is 194 Å². The maximum Gasteiger partial charge on any atom is 0.179 e. The van der Waals surface area contributed by atoms with Crippen LogP contribution in [-0.4, -0.2) is 13.2 Å². The summed E-state index contributed by atoms with van der Waals surface area (Å²) in [7, 11) is 0. The Balaban J connectivity index is 0.921. The van der Waals surface area contributed by atoms with E-state index in [-0.39, 0.29) is 10.8 Å². The molecule has 0 bridgehead atoms. The second-order valence-corrected chi connectivity index (χ2v) is 25.1. The first-order valence-electron chi connectivity index (χ1n) is 31.2. The summed E-state index contributed by atoms with van der Waals surface area (Å²) < 4.78 is 27.9. The lowest BCUT2D eigenvalue weighted by Crippen LogP contribution is -2.33. The molecule has 4 nitrogen and oxygen atoms in total. The molecular formula is C81H76O4. The van der Waals surface area contributed by atoms with Crippen LogP contribution in [0, 0.1) is 34.5 Å². The van der Waals surface area contributed by atoms with Crippen LogP contribution in [0.5, 0.6) is 23.0 Å². The van der Waals surface area contributed by atoms with Crippen molar-refractivity contribution in [1.82, 2.24) is 0 Å². The molecule has 2 heterocycles. The Kier molecular flexibility index (Phi) is 15.0. The molecule has 0 amide bonds. The average Bonchev–Trinajstić information content (AvgIpc) is 1.72. The third kappa shape index (κ3) is 10.3. The molecule has 2 spiro atoms. The smallest absolute Gasteiger partial charge is 0.179 e. The lowest BCUT2D eigenvalue weighted by molar-refractivity contribution is 0.165. The molecule has 0 N–H and O–H groups in total. The van der Waals surface area contributed by atoms with Gasteiger partial charge in [-0.1, -0.05) is 231 Å². The Hall–Kier alpha value is -8.70. The summed E-state index contributed by atoms with van der Waals surface area (Å²) in [5, 5.41) is 4.30. The van der Waals surface area contributed by atoms with Crippen molar-refractivity contribution in [2.75, 3.05) is 13.2 Å². The number of benzene rings is 9. The highest BCUT2D eigenvalue weighted by atomic mass is 16.5. The highest BCUT2D eigenvalue weighted by molar-refractivity contribution is 6.06. The molecule has 4 aliphatic rings. The van der Waals surface area contributed by atoms with Gasteiger partial charge in [0.2, 0.25) is 0 Å². The normalized spacial score (nSPS) is 15.0. The predicted octanol–water partition coefficient (Wildman–Crippen LogP) is 20.6. The van der Waals surface area contributed by atoms with Gasteiger partial charge in [0.25, 0.3) is 0 Å². The summed E-state index contributed by atoms with van der Waals surface area (Å²) in [5.41, 5.74) is 14.4. The van der Waals surface area contributed by atoms with Crippen molar-refractivity contribution in [3.63, 3.8) is 0 Å². The number of fused-ring (bicyclic) bond motifs is 16. The Morgan fingerprint density at radius 2 is 0.859 bits per heavy atom. The standard InChI is InChI=1S/C81H76O4/c1-7-10-20-45-78(4,5)46-22-24-49-82-60-39-41-62-58(52-60)37-43-74-76(62)68(54-80(84-74)70-33-16-12-29-64(70)65-30-13-17-34-71(65)80)56-27-26-28-57(51-56)69-55-81(72-35-18-14-31-66(72)67-32-15-19-36-73(67)81)85-75-44-38-59-53-61(40-42-63(59)77(69)75)83-50-25-23-48-79(6,9-3)47-21-11-8-2/h12-19,26-44,51-55H,7-11,20-21,45-50H2,1-6H3. The van der Waals surface area contributed by atoms with E-state index in [0.29, 0.717) is 13.2 Å². The molecule has 2 aliphatic heterocycles. The van der Waals surface area contributed by atoms with Crippen LogP contribution in [0.4, 0.5) is 0 Å². The van der Waals surface area contributed by atoms with Crippen molar-refractivity contribution in [2.45, 2.75) is 123 Å². The van der Waals surface area contributed by atoms with E-state index in [1.807, 2.05) is 0 Å². The summed E-state index contributed by atoms with van der Waals surface area (Å²) in [6.07, 6.45) is 17.6. The Morgan fingerprint density at radius 1 is 0.424 bits per heavy atom. The summed E-state index contributed by atoms with van der Waals surface area (Å²) in [4.78, 5) is 0. The van der Waals surface area contributed by atoms with Crippen LogP contribution in [0.1, 0.15) is 157 Å². The van der Waals surface area contributed by atoms with E-state index in [4.69, 9.17) is 18.9 Å². The fraction of sp³-hybridized carbons (Fsp3) is 0.284. The monoisotopic (exact) mass is 1110 g/mol. The van der Waals surface area contributed by atoms with E-state index in [2.05, 4.69) is 259 Å². The van der Waals surface area contributed by atoms with Crippen molar-refractivity contribution in [1.29, 1.82) is 0 Å². The van der Waals surface area contributed by atoms with Gasteiger partial charge in [-0.05, 0) is 163 Å². The van der Waals surface area contributed by atoms with Gasteiger partial charge in [-0.3, -0.25) is 0 Å². The van der Waals surface area contributed by atoms with Gasteiger partial charge in [-0.25, -0.2) is 0 Å². The second-order valence-electron chi connectivity index (χ2n) is 25.1. The number of hydrogen-bond acceptors (Lipinski definition) is 4. The Morgan fingerprint density at radius 3 is 1.31 bits per heavy atom. The van der Waals surface area contributed by atoms with Crippen molar-refractivity contribution in [3.05, 3.63) is 239 Å². The summed E-state index contributed by atoms with van der Waals surface area (Å²) in [6.45, 7) is 14.5. The van der Waals surface area contributed by atoms with E-state index in [0.717, 1.165) is 119 Å². The minimum atomic E-state index is -0.886. The lowest BCUT2D eigenvalue weighted by Gasteiger charge is -2.37. The zero-order chi connectivity index (χ0) is 58.2. The third-order valence-corrected chi connectivity index (χ3v) is 18.7. The van der Waals surface area contributed by atoms with Gasteiger partial charge in [-0.15, -0.1) is 0 Å². The Bertz CT molecular complexity index is 4150. The maximum absolute atomic E-state index is 7.56. The van der Waals surface area contributed by atoms with E-state index >= 15 is 0 Å². The minimum absolute atomic E-state index is 0.191. The van der Waals surface area contributed by atoms with Crippen molar-refractivity contribution < 1.29 is 18.9 Å². The molecular weight excluding hydrogens is 1040 g/mol. The molecule has 9 aromatic carbocycles. The SMILES string of the molecule is CCCCCC(C)(C)CC#CCOc1ccc2c3c(ccc2c1)OC1(C=C3c2cccc(C3=CC4(Oc5ccc6cc(OCC#CCC(C)(CC)CCCCC)ccc6c53)c3ccccc3-c3ccccc34)c2)c2ccccc2-c2ccccc21. The van der Waals surface area contributed by atoms with Crippen LogP contribution < -0.4 is 18.9 Å². The molecule has 9 aromatic rings. The molecule has 0 saturated heterocycles. The van der Waals surface area contributed by atoms with Crippen molar-refractivity contribution in [3.8, 4) is 68.9 Å². The number of ether oxygens (including phenoxy) is 4. The first kappa shape index (κ1) is 55.5. The zero-order valence-electron chi connectivity index (χ0n) is 50.3. The van der Waals surface area contributed by atoms with E-state index in [1.54, 1.807) is 0 Å². The van der Waals surface area contributed by atoms with Crippen LogP contribution in [0.2, 0.25) is 0 Å². The molecule has 424 valence electrons. The van der Waals surface area contributed by atoms with Crippen LogP contribution in [-0.2, 0) is 11.2 Å². The van der Waals surface area contributed by atoms with E-state index < -0.39 is 11.2 Å². The first-order chi connectivity index (χ1) is 41.5. The number of hydrogen-bond donors (Lipinski definition) is 0. The highest BCUT2D eigenvalue weighted by Gasteiger charge is 2.49. The van der Waals surface area contributed by atoms with Crippen molar-refractivity contribution in [2.24, 2.45) is 10.8 Å². The molecule has 1 atom stereocenters. The number of unbranched alkanes of at least 4 members (excludes halogenated alkanes) is 4. The fourth-order valence-corrected chi connectivity index (χ4v) is 13.8. The highest BCUT2D eigenvalue weighted by Crippen LogP contribution is 2.59. The van der Waals surface area contributed by atoms with Crippen LogP contribution >= 0.6 is 0 Å². The molecule has 13 rings (SSSR count). The zero-order valence-corrected chi connectivity index (χ0v) is 50.3. The summed E-state index contributed by atoms with van der Waals surface area (Å²) >= 11 is 0. The van der Waals surface area contributed by atoms with Crippen LogP contribution in [0.3, 0.4) is 0 Å². The third-order valence-electron chi connectivity index (χ3n) is 18.7. The predicted molar refractivity (Wildman–Crippen MR) is 351 cm³/mol. The van der Waals surface area contributed by atoms with Crippen molar-refractivity contribution >= 4 is 32.7 Å². The van der Waals surface area contributed by atoms with E-state index in [9.17, 15) is 0 Å². The van der Waals surface area contributed by atoms with Gasteiger partial charge in [0, 0.05) is 46.2 Å². The molecule has 4 heteroatoms. The number of rotatable bonds is 17. The van der Waals surface area contributed by atoms with Gasteiger partial charge in [-0.2, -0.15) is 0 Å². The minimum Gasteiger partial charge on any atom is -0.481 e. The van der Waals surface area contributed by atoms with Crippen LogP contribution in [0.25, 0.3) is 54.9 Å². The lowest BCUT2D eigenvalue weighted by atomic mass is 9.79. The topological polar surface area (TPSA) is 36.9 Å². The quantitative estimate of drug-likeness (QED) is 0.0673. The molecule has 0 fully saturated rings. The Labute approximate surface area is 504 Å². The second kappa shape index (κ2) is 23.0. The molecule has 0 radical (unpaired) electrons. The summed E-state index contributed by atoms with van der Waals surface area (Å²) in [6, 6.07) is 65.7. The molecule has 1 unspecified atom stereocenters. The van der Waals surface area contributed by atoms with Gasteiger partial charge in [0.15, 0.2) is 11.2 Å². The fourth-order valence-electron chi connectivity index (χ4n) is 13.8. The molecule has 85 heavy (non-hydrogen) atoms. The molecule has 0 saturated carbocycles. The molecule has 2 aliphatic carbocycles. The largest absolute Gasteiger partial charge is 0.481 e. The molecule has 0 aromatic heterocycles.